The molecule has 41 heavy (non-hydrogen) atoms. The molecule has 0 bridgehead atoms. The van der Waals surface area contributed by atoms with Gasteiger partial charge >= 0.3 is 11.9 Å². The molecule has 0 aliphatic carbocycles. The zero-order valence-corrected chi connectivity index (χ0v) is 23.2. The number of esters is 1. The Hall–Kier alpha value is -4.78. The van der Waals surface area contributed by atoms with Crippen LogP contribution in [-0.4, -0.2) is 55.0 Å². The highest BCUT2D eigenvalue weighted by Gasteiger charge is 2.40. The summed E-state index contributed by atoms with van der Waals surface area (Å²) < 4.78 is 39.2. The summed E-state index contributed by atoms with van der Waals surface area (Å²) in [5.41, 5.74) is -1.15. The highest BCUT2D eigenvalue weighted by molar-refractivity contribution is 7.93. The summed E-state index contributed by atoms with van der Waals surface area (Å²) in [4.78, 5) is 47.0. The third-order valence-corrected chi connectivity index (χ3v) is 7.94. The number of non-ortho nitro benzene ring substituents is 1. The molecule has 2 aromatic carbocycles. The molecular weight excluding hydrogens is 558 g/mol. The number of allylic oxidation sites excluding steroid dienone is 2. The molecule has 0 amide bonds. The lowest BCUT2D eigenvalue weighted by Crippen LogP contribution is -2.41. The number of methoxy groups -OCH3 is 1. The molecule has 216 valence electrons. The van der Waals surface area contributed by atoms with Crippen LogP contribution in [0.3, 0.4) is 0 Å². The van der Waals surface area contributed by atoms with Crippen molar-refractivity contribution in [2.24, 2.45) is 0 Å². The number of nitrogens with one attached hydrogen (secondary N) is 2. The third kappa shape index (κ3) is 6.87. The fourth-order valence-corrected chi connectivity index (χ4v) is 5.89. The number of sulfonamides is 1. The van der Waals surface area contributed by atoms with Gasteiger partial charge in [-0.2, -0.15) is 0 Å². The smallest absolute Gasteiger partial charge is 0.337 e. The largest absolute Gasteiger partial charge is 0.478 e. The van der Waals surface area contributed by atoms with Crippen molar-refractivity contribution >= 4 is 45.4 Å². The Morgan fingerprint density at radius 1 is 1.15 bits per heavy atom. The number of carboxylic acid groups (broad SMARTS) is 1. The summed E-state index contributed by atoms with van der Waals surface area (Å²) in [5, 5.41) is 24.2. The number of anilines is 1. The highest BCUT2D eigenvalue weighted by atomic mass is 32.2. The van der Waals surface area contributed by atoms with E-state index in [0.29, 0.717) is 5.56 Å². The van der Waals surface area contributed by atoms with Gasteiger partial charge in [-0.25, -0.2) is 22.8 Å². The van der Waals surface area contributed by atoms with E-state index in [1.54, 1.807) is 5.94 Å². The van der Waals surface area contributed by atoms with Crippen molar-refractivity contribution in [3.8, 4) is 0 Å². The summed E-state index contributed by atoms with van der Waals surface area (Å²) in [7, 11) is -3.19. The minimum Gasteiger partial charge on any atom is -0.478 e. The van der Waals surface area contributed by atoms with Crippen LogP contribution in [0.5, 0.6) is 0 Å². The average Bonchev–Trinajstić information content (AvgIpc) is 2.89. The van der Waals surface area contributed by atoms with Crippen LogP contribution in [0, 0.1) is 10.1 Å². The summed E-state index contributed by atoms with van der Waals surface area (Å²) in [6, 6.07) is 11.0. The SMILES string of the molecule is CO[C@H]([C@@H](C)OC(=O)C1=C(C)NC(C)=C(C(=O)O)C1c1cccc([N+](=O)[O-])c1)S(=O)(=O)Nc1ccc(C=C=O)cc1. The summed E-state index contributed by atoms with van der Waals surface area (Å²) in [6.45, 7) is 4.28. The van der Waals surface area contributed by atoms with E-state index in [1.807, 2.05) is 0 Å². The second kappa shape index (κ2) is 12.6. The van der Waals surface area contributed by atoms with Gasteiger partial charge in [0.1, 0.15) is 12.0 Å². The molecule has 1 heterocycles. The first-order valence-electron chi connectivity index (χ1n) is 12.0. The molecule has 2 aromatic rings. The highest BCUT2D eigenvalue weighted by Crippen LogP contribution is 2.40. The molecule has 1 aliphatic rings. The van der Waals surface area contributed by atoms with E-state index in [1.165, 1.54) is 75.4 Å². The van der Waals surface area contributed by atoms with Crippen LogP contribution in [0.25, 0.3) is 6.08 Å². The number of ether oxygens (including phenoxy) is 2. The number of aliphatic carboxylic acids is 1. The fraction of sp³-hybridized carbons (Fsp3) is 0.259. The van der Waals surface area contributed by atoms with Gasteiger partial charge in [-0.15, -0.1) is 0 Å². The number of carboxylic acids is 1. The number of carbonyl (C=O) groups is 2. The number of nitrogens with zero attached hydrogens (tertiary/aromatic N) is 1. The molecule has 1 unspecified atom stereocenters. The molecular formula is C27H27N3O10S. The molecule has 0 fully saturated rings. The van der Waals surface area contributed by atoms with Crippen LogP contribution in [0.1, 0.15) is 37.8 Å². The standard InChI is InChI=1S/C27H27N3O10S/c1-15-22(25(32)33)24(19-6-5-7-21(14-19)30(35)36)23(16(2)28-15)26(34)40-17(3)27(39-4)41(37,38)29-20-10-8-18(9-11-20)12-13-31/h5-12,14,17,24,27-29H,1-4H3,(H,32,33)/t17-,24?,27+/m1/s1. The number of hydrogen-bond acceptors (Lipinski definition) is 10. The molecule has 1 aliphatic heterocycles. The van der Waals surface area contributed by atoms with E-state index in [4.69, 9.17) is 9.47 Å². The molecule has 3 rings (SSSR count). The fourth-order valence-electron chi connectivity index (χ4n) is 4.50. The van der Waals surface area contributed by atoms with Gasteiger partial charge in [0.25, 0.3) is 15.7 Å². The van der Waals surface area contributed by atoms with Crippen molar-refractivity contribution in [2.45, 2.75) is 38.2 Å². The maximum Gasteiger partial charge on any atom is 0.337 e. The van der Waals surface area contributed by atoms with Crippen molar-refractivity contribution in [3.63, 3.8) is 0 Å². The van der Waals surface area contributed by atoms with Crippen LogP contribution < -0.4 is 10.0 Å². The Morgan fingerprint density at radius 3 is 2.34 bits per heavy atom. The first-order valence-corrected chi connectivity index (χ1v) is 13.6. The number of dihydropyridines is 1. The van der Waals surface area contributed by atoms with Crippen molar-refractivity contribution in [3.05, 3.63) is 92.3 Å². The number of nitro groups is 1. The molecule has 0 saturated carbocycles. The Morgan fingerprint density at radius 2 is 1.78 bits per heavy atom. The molecule has 13 nitrogen and oxygen atoms in total. The van der Waals surface area contributed by atoms with Gasteiger partial charge in [-0.05, 0) is 44.0 Å². The van der Waals surface area contributed by atoms with E-state index in [2.05, 4.69) is 10.0 Å². The molecule has 14 heteroatoms. The maximum atomic E-state index is 13.5. The molecule has 0 saturated heterocycles. The lowest BCUT2D eigenvalue weighted by atomic mass is 9.80. The minimum atomic E-state index is -4.30. The second-order valence-electron chi connectivity index (χ2n) is 9.04. The van der Waals surface area contributed by atoms with Crippen LogP contribution in [0.4, 0.5) is 11.4 Å². The number of rotatable bonds is 11. The van der Waals surface area contributed by atoms with Crippen LogP contribution in [0.2, 0.25) is 0 Å². The van der Waals surface area contributed by atoms with E-state index < -0.39 is 44.3 Å². The van der Waals surface area contributed by atoms with Gasteiger partial charge in [0, 0.05) is 42.4 Å². The van der Waals surface area contributed by atoms with Gasteiger partial charge in [-0.3, -0.25) is 14.8 Å². The van der Waals surface area contributed by atoms with Crippen LogP contribution >= 0.6 is 0 Å². The summed E-state index contributed by atoms with van der Waals surface area (Å²) >= 11 is 0. The topological polar surface area (TPSA) is 191 Å². The molecule has 0 radical (unpaired) electrons. The Balaban J connectivity index is 1.94. The predicted octanol–water partition coefficient (Wildman–Crippen LogP) is 3.11. The number of carbonyl (C=O) groups excluding carboxylic acids is 2. The first kappa shape index (κ1) is 30.8. The van der Waals surface area contributed by atoms with Crippen molar-refractivity contribution < 1.29 is 42.3 Å². The lowest BCUT2D eigenvalue weighted by molar-refractivity contribution is -0.384. The van der Waals surface area contributed by atoms with Gasteiger partial charge < -0.3 is 19.9 Å². The first-order chi connectivity index (χ1) is 19.3. The minimum absolute atomic E-state index is 0.154. The van der Waals surface area contributed by atoms with E-state index in [0.717, 1.165) is 7.11 Å². The number of nitro benzene ring substituents is 1. The molecule has 0 spiro atoms. The Bertz CT molecular complexity index is 1590. The second-order valence-corrected chi connectivity index (χ2v) is 10.8. The monoisotopic (exact) mass is 585 g/mol. The van der Waals surface area contributed by atoms with Gasteiger partial charge in [0.05, 0.1) is 22.0 Å². The Labute approximate surface area is 235 Å². The maximum absolute atomic E-state index is 13.5. The quantitative estimate of drug-likeness (QED) is 0.152. The predicted molar refractivity (Wildman–Crippen MR) is 148 cm³/mol. The molecule has 3 N–H and O–H groups in total. The van der Waals surface area contributed by atoms with E-state index in [9.17, 15) is 38.0 Å². The average molecular weight is 586 g/mol. The normalized spacial score (nSPS) is 16.6. The van der Waals surface area contributed by atoms with Crippen LogP contribution in [0.15, 0.2) is 71.1 Å². The van der Waals surface area contributed by atoms with E-state index >= 15 is 0 Å². The molecule has 0 aromatic heterocycles. The zero-order valence-electron chi connectivity index (χ0n) is 22.4. The van der Waals surface area contributed by atoms with Crippen molar-refractivity contribution in [2.75, 3.05) is 11.8 Å². The zero-order chi connectivity index (χ0) is 30.5. The number of hydrogen-bond donors (Lipinski definition) is 3. The summed E-state index contributed by atoms with van der Waals surface area (Å²) in [5.74, 6) is -2.06. The van der Waals surface area contributed by atoms with Gasteiger partial charge in [-0.1, -0.05) is 24.3 Å². The Kier molecular flexibility index (Phi) is 9.45. The van der Waals surface area contributed by atoms with Gasteiger partial charge in [0.2, 0.25) is 5.44 Å². The molecule has 3 atom stereocenters. The van der Waals surface area contributed by atoms with E-state index in [-0.39, 0.29) is 39.5 Å². The summed E-state index contributed by atoms with van der Waals surface area (Å²) in [6.07, 6.45) is -0.226. The number of benzene rings is 2. The van der Waals surface area contributed by atoms with Gasteiger partial charge in [0.15, 0.2) is 0 Å². The third-order valence-electron chi connectivity index (χ3n) is 6.24. The van der Waals surface area contributed by atoms with Crippen LogP contribution in [-0.2, 0) is 33.9 Å². The van der Waals surface area contributed by atoms with Crippen molar-refractivity contribution in [1.82, 2.24) is 5.32 Å². The lowest BCUT2D eigenvalue weighted by Gasteiger charge is -2.31. The van der Waals surface area contributed by atoms with Crippen molar-refractivity contribution in [1.29, 1.82) is 0 Å².